The summed E-state index contributed by atoms with van der Waals surface area (Å²) >= 11 is 1.71. The molecule has 0 atom stereocenters. The summed E-state index contributed by atoms with van der Waals surface area (Å²) in [6.45, 7) is 0.825. The number of hydrogen-bond acceptors (Lipinski definition) is 6. The van der Waals surface area contributed by atoms with Crippen molar-refractivity contribution in [3.8, 4) is 33.2 Å². The molecule has 0 bridgehead atoms. The van der Waals surface area contributed by atoms with E-state index in [0.717, 1.165) is 51.0 Å². The van der Waals surface area contributed by atoms with E-state index in [1.54, 1.807) is 11.3 Å². The quantitative estimate of drug-likeness (QED) is 0.369. The first kappa shape index (κ1) is 19.8. The number of pyridine rings is 2. The second-order valence-electron chi connectivity index (χ2n) is 8.25. The standard InChI is InChI=1S/C25H21N7S/c1-32(2)14-15-11-16(13-26-12-15)18-8-9-20-23(27-18)24(31-30-20)25-28-19-6-3-5-17(22(19)29-25)21-7-4-10-33-21/h3-13H,14H2,1-2H3,(H,28,29)(H,30,31). The number of H-pyrrole nitrogens is 2. The number of rotatable bonds is 5. The predicted molar refractivity (Wildman–Crippen MR) is 133 cm³/mol. The second-order valence-corrected chi connectivity index (χ2v) is 9.20. The average molecular weight is 452 g/mol. The fraction of sp³-hybridized carbons (Fsp3) is 0.120. The van der Waals surface area contributed by atoms with E-state index in [1.165, 1.54) is 4.88 Å². The van der Waals surface area contributed by atoms with Crippen molar-refractivity contribution in [3.05, 3.63) is 71.9 Å². The Balaban J connectivity index is 1.45. The summed E-state index contributed by atoms with van der Waals surface area (Å²) in [6.07, 6.45) is 3.74. The highest BCUT2D eigenvalue weighted by molar-refractivity contribution is 7.13. The van der Waals surface area contributed by atoms with Crippen LogP contribution in [0.4, 0.5) is 0 Å². The lowest BCUT2D eigenvalue weighted by Gasteiger charge is -2.10. The van der Waals surface area contributed by atoms with Crippen LogP contribution in [0.3, 0.4) is 0 Å². The number of aromatic nitrogens is 6. The Morgan fingerprint density at radius 3 is 2.73 bits per heavy atom. The zero-order valence-electron chi connectivity index (χ0n) is 18.2. The van der Waals surface area contributed by atoms with Crippen LogP contribution in [0.15, 0.2) is 66.3 Å². The Morgan fingerprint density at radius 1 is 0.939 bits per heavy atom. The summed E-state index contributed by atoms with van der Waals surface area (Å²) in [4.78, 5) is 21.0. The molecule has 7 nitrogen and oxygen atoms in total. The van der Waals surface area contributed by atoms with Crippen molar-refractivity contribution in [2.75, 3.05) is 14.1 Å². The molecule has 0 aliphatic carbocycles. The first-order chi connectivity index (χ1) is 16.2. The van der Waals surface area contributed by atoms with Crippen molar-refractivity contribution in [1.29, 1.82) is 0 Å². The van der Waals surface area contributed by atoms with Crippen LogP contribution >= 0.6 is 11.3 Å². The van der Waals surface area contributed by atoms with Crippen LogP contribution in [0.25, 0.3) is 55.3 Å². The van der Waals surface area contributed by atoms with Crippen LogP contribution in [0.2, 0.25) is 0 Å². The second kappa shape index (κ2) is 7.91. The van der Waals surface area contributed by atoms with E-state index >= 15 is 0 Å². The molecule has 0 saturated carbocycles. The number of para-hydroxylation sites is 1. The predicted octanol–water partition coefficient (Wildman–Crippen LogP) is 5.35. The van der Waals surface area contributed by atoms with Gasteiger partial charge in [-0.15, -0.1) is 11.3 Å². The largest absolute Gasteiger partial charge is 0.336 e. The molecular weight excluding hydrogens is 430 g/mol. The fourth-order valence-corrected chi connectivity index (χ4v) is 4.83. The molecule has 0 radical (unpaired) electrons. The monoisotopic (exact) mass is 451 g/mol. The fourth-order valence-electron chi connectivity index (χ4n) is 4.08. The maximum atomic E-state index is 4.94. The Labute approximate surface area is 194 Å². The molecule has 0 amide bonds. The molecule has 0 aliphatic rings. The molecule has 5 heterocycles. The number of benzene rings is 1. The lowest BCUT2D eigenvalue weighted by atomic mass is 10.1. The van der Waals surface area contributed by atoms with Crippen molar-refractivity contribution < 1.29 is 0 Å². The molecule has 1 aromatic carbocycles. The zero-order chi connectivity index (χ0) is 22.4. The summed E-state index contributed by atoms with van der Waals surface area (Å²) in [5.74, 6) is 0.699. The van der Waals surface area contributed by atoms with Gasteiger partial charge in [0.05, 0.1) is 22.2 Å². The van der Waals surface area contributed by atoms with Crippen molar-refractivity contribution in [3.63, 3.8) is 0 Å². The third-order valence-electron chi connectivity index (χ3n) is 5.52. The van der Waals surface area contributed by atoms with Gasteiger partial charge in [0.2, 0.25) is 0 Å². The van der Waals surface area contributed by atoms with Gasteiger partial charge >= 0.3 is 0 Å². The van der Waals surface area contributed by atoms with E-state index in [9.17, 15) is 0 Å². The minimum atomic E-state index is 0.699. The number of fused-ring (bicyclic) bond motifs is 2. The van der Waals surface area contributed by atoms with E-state index in [2.05, 4.69) is 54.7 Å². The third-order valence-corrected chi connectivity index (χ3v) is 6.42. The zero-order valence-corrected chi connectivity index (χ0v) is 19.0. The summed E-state index contributed by atoms with van der Waals surface area (Å²) in [7, 11) is 4.10. The van der Waals surface area contributed by atoms with Gasteiger partial charge in [0.1, 0.15) is 5.52 Å². The Bertz CT molecular complexity index is 1580. The average Bonchev–Trinajstić information content (AvgIpc) is 3.57. The molecule has 0 aliphatic heterocycles. The molecule has 2 N–H and O–H groups in total. The van der Waals surface area contributed by atoms with Gasteiger partial charge in [0.15, 0.2) is 11.5 Å². The lowest BCUT2D eigenvalue weighted by molar-refractivity contribution is 0.402. The number of aromatic amines is 2. The molecule has 6 rings (SSSR count). The molecule has 0 unspecified atom stereocenters. The molecule has 162 valence electrons. The molecule has 0 spiro atoms. The first-order valence-electron chi connectivity index (χ1n) is 10.6. The number of hydrogen-bond donors (Lipinski definition) is 2. The SMILES string of the molecule is CN(C)Cc1cncc(-c2ccc3[nH]nc(-c4nc5c(-c6cccs6)cccc5[nH]4)c3n2)c1. The number of thiophene rings is 1. The van der Waals surface area contributed by atoms with E-state index in [4.69, 9.17) is 9.97 Å². The van der Waals surface area contributed by atoms with Crippen LogP contribution in [0.5, 0.6) is 0 Å². The van der Waals surface area contributed by atoms with Gasteiger partial charge in [-0.05, 0) is 55.4 Å². The van der Waals surface area contributed by atoms with Gasteiger partial charge in [0, 0.05) is 34.9 Å². The molecule has 33 heavy (non-hydrogen) atoms. The number of imidazole rings is 1. The van der Waals surface area contributed by atoms with E-state index < -0.39 is 0 Å². The van der Waals surface area contributed by atoms with Gasteiger partial charge in [-0.2, -0.15) is 5.10 Å². The number of nitrogens with zero attached hydrogens (tertiary/aromatic N) is 5. The normalized spacial score (nSPS) is 11.7. The van der Waals surface area contributed by atoms with Crippen molar-refractivity contribution >= 4 is 33.4 Å². The summed E-state index contributed by atoms with van der Waals surface area (Å²) in [5, 5.41) is 9.72. The summed E-state index contributed by atoms with van der Waals surface area (Å²) < 4.78 is 0. The molecule has 5 aromatic heterocycles. The van der Waals surface area contributed by atoms with E-state index in [0.29, 0.717) is 11.5 Å². The van der Waals surface area contributed by atoms with Crippen LogP contribution in [0, 0.1) is 0 Å². The topological polar surface area (TPSA) is 86.4 Å². The van der Waals surface area contributed by atoms with Gasteiger partial charge in [-0.3, -0.25) is 10.1 Å². The number of nitrogens with one attached hydrogen (secondary N) is 2. The van der Waals surface area contributed by atoms with Crippen LogP contribution < -0.4 is 0 Å². The van der Waals surface area contributed by atoms with E-state index in [-0.39, 0.29) is 0 Å². The third kappa shape index (κ3) is 3.59. The Kier molecular flexibility index (Phi) is 4.74. The summed E-state index contributed by atoms with van der Waals surface area (Å²) in [5.41, 5.74) is 8.35. The maximum absolute atomic E-state index is 4.94. The van der Waals surface area contributed by atoms with Crippen LogP contribution in [0.1, 0.15) is 5.56 Å². The molecule has 8 heteroatoms. The molecular formula is C25H21N7S. The summed E-state index contributed by atoms with van der Waals surface area (Å²) in [6, 6.07) is 16.5. The lowest BCUT2D eigenvalue weighted by Crippen LogP contribution is -2.10. The van der Waals surface area contributed by atoms with Gasteiger partial charge in [-0.25, -0.2) is 9.97 Å². The minimum absolute atomic E-state index is 0.699. The van der Waals surface area contributed by atoms with Crippen molar-refractivity contribution in [1.82, 2.24) is 35.0 Å². The Hall–Kier alpha value is -3.88. The van der Waals surface area contributed by atoms with E-state index in [1.807, 2.05) is 50.8 Å². The van der Waals surface area contributed by atoms with Crippen molar-refractivity contribution in [2.45, 2.75) is 6.54 Å². The minimum Gasteiger partial charge on any atom is -0.336 e. The van der Waals surface area contributed by atoms with Gasteiger partial charge in [-0.1, -0.05) is 18.2 Å². The Morgan fingerprint density at radius 2 is 1.88 bits per heavy atom. The molecule has 6 aromatic rings. The highest BCUT2D eigenvalue weighted by Gasteiger charge is 2.17. The highest BCUT2D eigenvalue weighted by atomic mass is 32.1. The van der Waals surface area contributed by atoms with Crippen LogP contribution in [-0.2, 0) is 6.54 Å². The van der Waals surface area contributed by atoms with Crippen LogP contribution in [-0.4, -0.2) is 49.1 Å². The molecule has 0 fully saturated rings. The highest BCUT2D eigenvalue weighted by Crippen LogP contribution is 2.33. The molecule has 0 saturated heterocycles. The maximum Gasteiger partial charge on any atom is 0.161 e. The van der Waals surface area contributed by atoms with Gasteiger partial charge in [0.25, 0.3) is 0 Å². The van der Waals surface area contributed by atoms with Gasteiger partial charge < -0.3 is 9.88 Å². The smallest absolute Gasteiger partial charge is 0.161 e. The first-order valence-corrected chi connectivity index (χ1v) is 11.5. The van der Waals surface area contributed by atoms with Crippen molar-refractivity contribution in [2.24, 2.45) is 0 Å².